The zero-order chi connectivity index (χ0) is 11.7. The average molecular weight is 250 g/mol. The Kier molecular flexibility index (Phi) is 3.20. The highest BCUT2D eigenvalue weighted by Gasteiger charge is 2.33. The summed E-state index contributed by atoms with van der Waals surface area (Å²) in [6.45, 7) is 6.70. The summed E-state index contributed by atoms with van der Waals surface area (Å²) in [5, 5.41) is 0. The Morgan fingerprint density at radius 3 is 2.47 bits per heavy atom. The van der Waals surface area contributed by atoms with Gasteiger partial charge in [0.1, 0.15) is 0 Å². The summed E-state index contributed by atoms with van der Waals surface area (Å²) < 4.78 is 0. The molecular formula is C12H18N4S. The van der Waals surface area contributed by atoms with Crippen LogP contribution in [0.4, 0.5) is 5.95 Å². The van der Waals surface area contributed by atoms with E-state index in [1.807, 2.05) is 19.3 Å². The molecule has 1 aromatic rings. The van der Waals surface area contributed by atoms with Gasteiger partial charge in [0, 0.05) is 56.1 Å². The third-order valence-electron chi connectivity index (χ3n) is 3.47. The molecule has 2 saturated heterocycles. The van der Waals surface area contributed by atoms with Crippen LogP contribution in [0.3, 0.4) is 0 Å². The van der Waals surface area contributed by atoms with Crippen molar-refractivity contribution in [2.24, 2.45) is 0 Å². The van der Waals surface area contributed by atoms with Gasteiger partial charge in [0.25, 0.3) is 0 Å². The van der Waals surface area contributed by atoms with Crippen LogP contribution >= 0.6 is 11.8 Å². The normalized spacial score (nSPS) is 22.5. The van der Waals surface area contributed by atoms with E-state index in [1.54, 1.807) is 0 Å². The number of aryl methyl sites for hydroxylation is 1. The molecule has 2 fully saturated rings. The second kappa shape index (κ2) is 4.82. The molecule has 0 N–H and O–H groups in total. The van der Waals surface area contributed by atoms with E-state index < -0.39 is 0 Å². The minimum absolute atomic E-state index is 0.723. The Balaban J connectivity index is 1.55. The number of hydrogen-bond acceptors (Lipinski definition) is 5. The first-order valence-electron chi connectivity index (χ1n) is 6.18. The summed E-state index contributed by atoms with van der Waals surface area (Å²) in [6.07, 6.45) is 3.79. The van der Waals surface area contributed by atoms with Crippen LogP contribution in [-0.2, 0) is 0 Å². The summed E-state index contributed by atoms with van der Waals surface area (Å²) in [7, 11) is 0. The fourth-order valence-electron chi connectivity index (χ4n) is 2.34. The van der Waals surface area contributed by atoms with Gasteiger partial charge in [-0.1, -0.05) is 0 Å². The van der Waals surface area contributed by atoms with Gasteiger partial charge in [-0.15, -0.1) is 0 Å². The van der Waals surface area contributed by atoms with Crippen LogP contribution in [0.25, 0.3) is 0 Å². The highest BCUT2D eigenvalue weighted by Crippen LogP contribution is 2.22. The molecule has 0 radical (unpaired) electrons. The summed E-state index contributed by atoms with van der Waals surface area (Å²) in [4.78, 5) is 13.6. The number of thioether (sulfide) groups is 1. The van der Waals surface area contributed by atoms with E-state index >= 15 is 0 Å². The van der Waals surface area contributed by atoms with Crippen LogP contribution in [0.2, 0.25) is 0 Å². The Labute approximate surface area is 106 Å². The molecule has 2 aliphatic rings. The molecule has 3 heterocycles. The highest BCUT2D eigenvalue weighted by atomic mass is 32.2. The van der Waals surface area contributed by atoms with E-state index in [2.05, 4.69) is 31.5 Å². The molecule has 3 rings (SSSR count). The second-order valence-corrected chi connectivity index (χ2v) is 5.99. The van der Waals surface area contributed by atoms with Crippen LogP contribution in [0.15, 0.2) is 12.4 Å². The maximum atomic E-state index is 4.37. The van der Waals surface area contributed by atoms with Crippen LogP contribution in [0, 0.1) is 6.92 Å². The molecular weight excluding hydrogens is 232 g/mol. The Morgan fingerprint density at radius 2 is 1.82 bits per heavy atom. The quantitative estimate of drug-likeness (QED) is 0.782. The Bertz CT molecular complexity index is 369. The van der Waals surface area contributed by atoms with Gasteiger partial charge in [0.05, 0.1) is 0 Å². The van der Waals surface area contributed by atoms with Crippen molar-refractivity contribution in [3.8, 4) is 0 Å². The van der Waals surface area contributed by atoms with Gasteiger partial charge in [-0.25, -0.2) is 9.97 Å². The van der Waals surface area contributed by atoms with E-state index in [9.17, 15) is 0 Å². The molecule has 0 bridgehead atoms. The van der Waals surface area contributed by atoms with E-state index in [0.29, 0.717) is 0 Å². The SMILES string of the molecule is Cc1cnc(N2CC(N3CCSCC3)C2)nc1. The highest BCUT2D eigenvalue weighted by molar-refractivity contribution is 7.99. The second-order valence-electron chi connectivity index (χ2n) is 4.77. The van der Waals surface area contributed by atoms with Crippen molar-refractivity contribution in [1.82, 2.24) is 14.9 Å². The summed E-state index contributed by atoms with van der Waals surface area (Å²) >= 11 is 2.07. The van der Waals surface area contributed by atoms with Gasteiger partial charge in [-0.05, 0) is 12.5 Å². The van der Waals surface area contributed by atoms with Crippen LogP contribution in [0.1, 0.15) is 5.56 Å². The summed E-state index contributed by atoms with van der Waals surface area (Å²) in [5.41, 5.74) is 1.12. The average Bonchev–Trinajstić information content (AvgIpc) is 2.31. The van der Waals surface area contributed by atoms with E-state index in [1.165, 1.54) is 24.6 Å². The maximum absolute atomic E-state index is 4.37. The van der Waals surface area contributed by atoms with Crippen molar-refractivity contribution < 1.29 is 0 Å². The zero-order valence-electron chi connectivity index (χ0n) is 10.2. The molecule has 0 spiro atoms. The minimum Gasteiger partial charge on any atom is -0.338 e. The standard InChI is InChI=1S/C12H18N4S/c1-10-6-13-12(14-7-10)16-8-11(9-16)15-2-4-17-5-3-15/h6-7,11H,2-5,8-9H2,1H3. The van der Waals surface area contributed by atoms with Crippen LogP contribution in [-0.4, -0.2) is 58.6 Å². The molecule has 0 amide bonds. The van der Waals surface area contributed by atoms with E-state index in [0.717, 1.165) is 30.6 Å². The smallest absolute Gasteiger partial charge is 0.225 e. The minimum atomic E-state index is 0.723. The predicted molar refractivity (Wildman–Crippen MR) is 71.7 cm³/mol. The number of anilines is 1. The molecule has 2 aliphatic heterocycles. The Hall–Kier alpha value is -0.810. The molecule has 0 unspecified atom stereocenters. The van der Waals surface area contributed by atoms with Crippen molar-refractivity contribution in [3.05, 3.63) is 18.0 Å². The lowest BCUT2D eigenvalue weighted by molar-refractivity contribution is 0.181. The van der Waals surface area contributed by atoms with Crippen LogP contribution < -0.4 is 4.90 Å². The van der Waals surface area contributed by atoms with Gasteiger partial charge in [0.15, 0.2) is 0 Å². The van der Waals surface area contributed by atoms with Crippen molar-refractivity contribution in [2.45, 2.75) is 13.0 Å². The molecule has 5 heteroatoms. The molecule has 0 saturated carbocycles. The molecule has 4 nitrogen and oxygen atoms in total. The van der Waals surface area contributed by atoms with Crippen molar-refractivity contribution in [2.75, 3.05) is 42.6 Å². The zero-order valence-corrected chi connectivity index (χ0v) is 11.0. The first-order chi connectivity index (χ1) is 8.33. The van der Waals surface area contributed by atoms with Gasteiger partial charge in [-0.2, -0.15) is 11.8 Å². The lowest BCUT2D eigenvalue weighted by Gasteiger charge is -2.46. The van der Waals surface area contributed by atoms with Gasteiger partial charge in [0.2, 0.25) is 5.95 Å². The van der Waals surface area contributed by atoms with E-state index in [4.69, 9.17) is 0 Å². The third kappa shape index (κ3) is 2.40. The molecule has 1 aromatic heterocycles. The maximum Gasteiger partial charge on any atom is 0.225 e. The van der Waals surface area contributed by atoms with Gasteiger partial charge < -0.3 is 4.90 Å². The number of rotatable bonds is 2. The van der Waals surface area contributed by atoms with Gasteiger partial charge >= 0.3 is 0 Å². The summed E-state index contributed by atoms with van der Waals surface area (Å²) in [5.74, 6) is 3.47. The number of aromatic nitrogens is 2. The molecule has 0 aliphatic carbocycles. The topological polar surface area (TPSA) is 32.3 Å². The molecule has 17 heavy (non-hydrogen) atoms. The lowest BCUT2D eigenvalue weighted by atomic mass is 10.1. The Morgan fingerprint density at radius 1 is 1.18 bits per heavy atom. The van der Waals surface area contributed by atoms with Crippen molar-refractivity contribution in [3.63, 3.8) is 0 Å². The number of hydrogen-bond donors (Lipinski definition) is 0. The first-order valence-corrected chi connectivity index (χ1v) is 7.34. The first kappa shape index (κ1) is 11.3. The van der Waals surface area contributed by atoms with Crippen molar-refractivity contribution in [1.29, 1.82) is 0 Å². The van der Waals surface area contributed by atoms with Crippen LogP contribution in [0.5, 0.6) is 0 Å². The van der Waals surface area contributed by atoms with Gasteiger partial charge in [-0.3, -0.25) is 4.90 Å². The third-order valence-corrected chi connectivity index (χ3v) is 4.42. The molecule has 0 atom stereocenters. The monoisotopic (exact) mass is 250 g/mol. The fraction of sp³-hybridized carbons (Fsp3) is 0.667. The molecule has 92 valence electrons. The number of nitrogens with zero attached hydrogens (tertiary/aromatic N) is 4. The van der Waals surface area contributed by atoms with E-state index in [-0.39, 0.29) is 0 Å². The largest absolute Gasteiger partial charge is 0.338 e. The fourth-order valence-corrected chi connectivity index (χ4v) is 3.27. The van der Waals surface area contributed by atoms with Crippen molar-refractivity contribution >= 4 is 17.7 Å². The lowest BCUT2D eigenvalue weighted by Crippen LogP contribution is -2.61. The predicted octanol–water partition coefficient (Wildman–Crippen LogP) is 1.02. The molecule has 0 aromatic carbocycles. The summed E-state index contributed by atoms with van der Waals surface area (Å²) in [6, 6.07) is 0.723.